The van der Waals surface area contributed by atoms with Crippen LogP contribution in [0.5, 0.6) is 0 Å². The Bertz CT molecular complexity index is 932. The van der Waals surface area contributed by atoms with Crippen LogP contribution in [0, 0.1) is 0 Å². The first-order valence-electron chi connectivity index (χ1n) is 7.61. The molecule has 0 spiro atoms. The minimum absolute atomic E-state index is 0.0523. The van der Waals surface area contributed by atoms with Crippen LogP contribution in [0.3, 0.4) is 0 Å². The summed E-state index contributed by atoms with van der Waals surface area (Å²) in [4.78, 5) is 30.5. The van der Waals surface area contributed by atoms with E-state index in [1.54, 1.807) is 30.5 Å². The lowest BCUT2D eigenvalue weighted by Gasteiger charge is -2.23. The molecule has 0 aliphatic heterocycles. The minimum atomic E-state index is -0.368. The van der Waals surface area contributed by atoms with E-state index in [1.807, 2.05) is 35.2 Å². The fourth-order valence-electron chi connectivity index (χ4n) is 2.62. The second kappa shape index (κ2) is 6.91. The molecule has 3 rings (SSSR count). The van der Waals surface area contributed by atoms with Gasteiger partial charge in [-0.15, -0.1) is 6.58 Å². The largest absolute Gasteiger partial charge is 0.348 e. The Labute approximate surface area is 139 Å². The number of aromatic nitrogens is 2. The summed E-state index contributed by atoms with van der Waals surface area (Å²) in [5.74, 6) is 0.380. The number of anilines is 1. The summed E-state index contributed by atoms with van der Waals surface area (Å²) in [7, 11) is 0. The Balaban J connectivity index is 2.14. The highest BCUT2D eigenvalue weighted by molar-refractivity contribution is 5.83. The number of benzene rings is 1. The number of fused-ring (bicyclic) bond motifs is 1. The van der Waals surface area contributed by atoms with Gasteiger partial charge in [0, 0.05) is 19.3 Å². The van der Waals surface area contributed by atoms with E-state index in [0.717, 1.165) is 5.56 Å². The standard InChI is InChI=1S/C19H17N3O2/c1-2-11-21(13-15-8-4-3-5-9-15)18-16(14-23)19(24)22-12-7-6-10-17(22)20-18/h2-10,12,14H,1,11,13H2. The number of rotatable bonds is 6. The van der Waals surface area contributed by atoms with E-state index in [0.29, 0.717) is 30.8 Å². The van der Waals surface area contributed by atoms with Gasteiger partial charge in [0.1, 0.15) is 17.0 Å². The topological polar surface area (TPSA) is 54.7 Å². The van der Waals surface area contributed by atoms with Crippen LogP contribution in [-0.4, -0.2) is 22.2 Å². The third-order valence-corrected chi connectivity index (χ3v) is 3.73. The Morgan fingerprint density at radius 2 is 1.88 bits per heavy atom. The van der Waals surface area contributed by atoms with E-state index in [2.05, 4.69) is 11.6 Å². The zero-order chi connectivity index (χ0) is 16.9. The molecule has 1 aromatic carbocycles. The maximum absolute atomic E-state index is 12.6. The summed E-state index contributed by atoms with van der Waals surface area (Å²) < 4.78 is 1.38. The van der Waals surface area contributed by atoms with Crippen LogP contribution in [0.1, 0.15) is 15.9 Å². The van der Waals surface area contributed by atoms with Crippen molar-refractivity contribution in [1.82, 2.24) is 9.38 Å². The number of nitrogens with zero attached hydrogens (tertiary/aromatic N) is 3. The highest BCUT2D eigenvalue weighted by Crippen LogP contribution is 2.18. The summed E-state index contributed by atoms with van der Waals surface area (Å²) in [5.41, 5.74) is 1.25. The van der Waals surface area contributed by atoms with Gasteiger partial charge in [-0.1, -0.05) is 42.5 Å². The summed E-state index contributed by atoms with van der Waals surface area (Å²) in [6.07, 6.45) is 3.91. The predicted octanol–water partition coefficient (Wildman–Crippen LogP) is 2.70. The smallest absolute Gasteiger partial charge is 0.270 e. The van der Waals surface area contributed by atoms with E-state index in [-0.39, 0.29) is 11.1 Å². The van der Waals surface area contributed by atoms with Crippen LogP contribution in [0.4, 0.5) is 5.82 Å². The molecule has 2 aromatic heterocycles. The molecular formula is C19H17N3O2. The maximum Gasteiger partial charge on any atom is 0.270 e. The molecule has 120 valence electrons. The molecule has 24 heavy (non-hydrogen) atoms. The molecule has 0 atom stereocenters. The molecule has 0 N–H and O–H groups in total. The first kappa shape index (κ1) is 15.7. The van der Waals surface area contributed by atoms with Crippen molar-refractivity contribution in [3.8, 4) is 0 Å². The third kappa shape index (κ3) is 2.96. The van der Waals surface area contributed by atoms with Gasteiger partial charge < -0.3 is 4.90 Å². The first-order valence-corrected chi connectivity index (χ1v) is 7.61. The average molecular weight is 319 g/mol. The first-order chi connectivity index (χ1) is 11.7. The van der Waals surface area contributed by atoms with Gasteiger partial charge in [-0.05, 0) is 17.7 Å². The Morgan fingerprint density at radius 3 is 2.58 bits per heavy atom. The molecule has 0 aliphatic rings. The van der Waals surface area contributed by atoms with Crippen LogP contribution in [0.2, 0.25) is 0 Å². The van der Waals surface area contributed by atoms with Gasteiger partial charge in [-0.25, -0.2) is 4.98 Å². The Hall–Kier alpha value is -3.21. The normalized spacial score (nSPS) is 10.5. The third-order valence-electron chi connectivity index (χ3n) is 3.73. The number of hydrogen-bond acceptors (Lipinski definition) is 4. The van der Waals surface area contributed by atoms with Crippen LogP contribution in [0.25, 0.3) is 5.65 Å². The number of hydrogen-bond donors (Lipinski definition) is 0. The Morgan fingerprint density at radius 1 is 1.12 bits per heavy atom. The van der Waals surface area contributed by atoms with Crippen molar-refractivity contribution in [1.29, 1.82) is 0 Å². The fraction of sp³-hybridized carbons (Fsp3) is 0.105. The van der Waals surface area contributed by atoms with Crippen LogP contribution < -0.4 is 10.5 Å². The van der Waals surface area contributed by atoms with E-state index in [9.17, 15) is 9.59 Å². The van der Waals surface area contributed by atoms with Crippen molar-refractivity contribution in [3.05, 3.63) is 88.9 Å². The minimum Gasteiger partial charge on any atom is -0.348 e. The molecule has 2 heterocycles. The summed E-state index contributed by atoms with van der Waals surface area (Å²) in [5, 5.41) is 0. The fourth-order valence-corrected chi connectivity index (χ4v) is 2.62. The number of carbonyl (C=O) groups is 1. The number of pyridine rings is 1. The maximum atomic E-state index is 12.6. The second-order valence-corrected chi connectivity index (χ2v) is 5.36. The van der Waals surface area contributed by atoms with E-state index in [4.69, 9.17) is 0 Å². The van der Waals surface area contributed by atoms with Crippen molar-refractivity contribution in [2.24, 2.45) is 0 Å². The SMILES string of the molecule is C=CCN(Cc1ccccc1)c1nc2ccccn2c(=O)c1C=O. The van der Waals surface area contributed by atoms with E-state index in [1.165, 1.54) is 4.40 Å². The molecule has 0 radical (unpaired) electrons. The number of aldehydes is 1. The number of carbonyl (C=O) groups excluding carboxylic acids is 1. The van der Waals surface area contributed by atoms with Crippen molar-refractivity contribution >= 4 is 17.8 Å². The molecular weight excluding hydrogens is 302 g/mol. The lowest BCUT2D eigenvalue weighted by atomic mass is 10.2. The molecule has 5 nitrogen and oxygen atoms in total. The molecule has 0 saturated heterocycles. The summed E-state index contributed by atoms with van der Waals surface area (Å²) in [6, 6.07) is 15.1. The van der Waals surface area contributed by atoms with E-state index >= 15 is 0 Å². The monoisotopic (exact) mass is 319 g/mol. The quantitative estimate of drug-likeness (QED) is 0.518. The van der Waals surface area contributed by atoms with Gasteiger partial charge in [0.15, 0.2) is 6.29 Å². The average Bonchev–Trinajstić information content (AvgIpc) is 2.62. The lowest BCUT2D eigenvalue weighted by molar-refractivity contribution is 0.112. The van der Waals surface area contributed by atoms with Crippen LogP contribution >= 0.6 is 0 Å². The molecule has 0 aliphatic carbocycles. The van der Waals surface area contributed by atoms with Crippen molar-refractivity contribution in [2.45, 2.75) is 6.54 Å². The van der Waals surface area contributed by atoms with Crippen LogP contribution in [-0.2, 0) is 6.54 Å². The second-order valence-electron chi connectivity index (χ2n) is 5.36. The van der Waals surface area contributed by atoms with E-state index < -0.39 is 0 Å². The summed E-state index contributed by atoms with van der Waals surface area (Å²) in [6.45, 7) is 4.78. The van der Waals surface area contributed by atoms with Crippen molar-refractivity contribution in [3.63, 3.8) is 0 Å². The van der Waals surface area contributed by atoms with Crippen molar-refractivity contribution < 1.29 is 4.79 Å². The van der Waals surface area contributed by atoms with Gasteiger partial charge in [0.05, 0.1) is 0 Å². The van der Waals surface area contributed by atoms with Crippen LogP contribution in [0.15, 0.2) is 72.2 Å². The molecule has 0 bridgehead atoms. The van der Waals surface area contributed by atoms with Crippen molar-refractivity contribution in [2.75, 3.05) is 11.4 Å². The molecule has 0 unspecified atom stereocenters. The molecule has 5 heteroatoms. The molecule has 0 saturated carbocycles. The van der Waals surface area contributed by atoms with Gasteiger partial charge >= 0.3 is 0 Å². The highest BCUT2D eigenvalue weighted by Gasteiger charge is 2.17. The highest BCUT2D eigenvalue weighted by atomic mass is 16.1. The summed E-state index contributed by atoms with van der Waals surface area (Å²) >= 11 is 0. The zero-order valence-electron chi connectivity index (χ0n) is 13.1. The van der Waals surface area contributed by atoms with Gasteiger partial charge in [-0.3, -0.25) is 14.0 Å². The predicted molar refractivity (Wildman–Crippen MR) is 94.5 cm³/mol. The zero-order valence-corrected chi connectivity index (χ0v) is 13.1. The van der Waals surface area contributed by atoms with Gasteiger partial charge in [0.2, 0.25) is 0 Å². The molecule has 0 amide bonds. The lowest BCUT2D eigenvalue weighted by Crippen LogP contribution is -2.30. The van der Waals surface area contributed by atoms with Gasteiger partial charge in [-0.2, -0.15) is 0 Å². The molecule has 3 aromatic rings. The Kier molecular flexibility index (Phi) is 4.52. The molecule has 0 fully saturated rings. The van der Waals surface area contributed by atoms with Gasteiger partial charge in [0.25, 0.3) is 5.56 Å².